The van der Waals surface area contributed by atoms with Crippen molar-refractivity contribution in [2.75, 3.05) is 19.3 Å². The quantitative estimate of drug-likeness (QED) is 0.919. The number of benzene rings is 1. The van der Waals surface area contributed by atoms with Crippen LogP contribution in [0.15, 0.2) is 22.7 Å². The van der Waals surface area contributed by atoms with Crippen LogP contribution in [-0.2, 0) is 6.54 Å². The van der Waals surface area contributed by atoms with Gasteiger partial charge in [0, 0.05) is 17.1 Å². The molecule has 4 nitrogen and oxygen atoms in total. The number of aryl methyl sites for hydroxylation is 1. The lowest BCUT2D eigenvalue weighted by Crippen LogP contribution is -2.28. The zero-order chi connectivity index (χ0) is 14.0. The van der Waals surface area contributed by atoms with E-state index in [0.717, 1.165) is 35.0 Å². The second-order valence-electron chi connectivity index (χ2n) is 5.18. The first kappa shape index (κ1) is 14.3. The Labute approximate surface area is 122 Å². The summed E-state index contributed by atoms with van der Waals surface area (Å²) < 4.78 is 3.15. The molecule has 1 aromatic heterocycles. The van der Waals surface area contributed by atoms with Gasteiger partial charge in [-0.05, 0) is 52.1 Å². The van der Waals surface area contributed by atoms with Crippen molar-refractivity contribution in [1.29, 1.82) is 0 Å². The number of nitrogens with zero attached hydrogens (tertiary/aromatic N) is 3. The van der Waals surface area contributed by atoms with E-state index in [2.05, 4.69) is 57.3 Å². The Morgan fingerprint density at radius 1 is 1.42 bits per heavy atom. The van der Waals surface area contributed by atoms with Gasteiger partial charge in [0.2, 0.25) is 5.95 Å². The van der Waals surface area contributed by atoms with E-state index in [1.165, 1.54) is 0 Å². The monoisotopic (exact) mass is 324 g/mol. The molecular formula is C14H21BrN4. The third-order valence-corrected chi connectivity index (χ3v) is 4.01. The van der Waals surface area contributed by atoms with Crippen molar-refractivity contribution in [3.05, 3.63) is 22.7 Å². The molecule has 1 aromatic carbocycles. The molecule has 0 unspecified atom stereocenters. The first-order valence-electron chi connectivity index (χ1n) is 6.60. The lowest BCUT2D eigenvalue weighted by atomic mass is 10.3. The number of fused-ring (bicyclic) bond motifs is 1. The topological polar surface area (TPSA) is 47.1 Å². The van der Waals surface area contributed by atoms with Gasteiger partial charge in [0.25, 0.3) is 0 Å². The van der Waals surface area contributed by atoms with Crippen molar-refractivity contribution in [2.45, 2.75) is 32.9 Å². The van der Waals surface area contributed by atoms with Gasteiger partial charge in [0.15, 0.2) is 0 Å². The lowest BCUT2D eigenvalue weighted by Gasteiger charge is -2.21. The zero-order valence-corrected chi connectivity index (χ0v) is 13.3. The van der Waals surface area contributed by atoms with Gasteiger partial charge in [-0.15, -0.1) is 0 Å². The van der Waals surface area contributed by atoms with Crippen LogP contribution in [0.4, 0.5) is 5.95 Å². The molecule has 0 spiro atoms. The van der Waals surface area contributed by atoms with Crippen molar-refractivity contribution in [2.24, 2.45) is 0 Å². The minimum atomic E-state index is 0.575. The average Bonchev–Trinajstić information content (AvgIpc) is 2.65. The maximum absolute atomic E-state index is 6.00. The fourth-order valence-corrected chi connectivity index (χ4v) is 2.43. The summed E-state index contributed by atoms with van der Waals surface area (Å²) in [5.74, 6) is 0.598. The molecule has 0 atom stereocenters. The largest absolute Gasteiger partial charge is 0.369 e. The molecule has 5 heteroatoms. The molecular weight excluding hydrogens is 304 g/mol. The molecule has 0 radical (unpaired) electrons. The van der Waals surface area contributed by atoms with E-state index < -0.39 is 0 Å². The number of anilines is 1. The van der Waals surface area contributed by atoms with Crippen LogP contribution in [0, 0.1) is 0 Å². The highest BCUT2D eigenvalue weighted by Gasteiger charge is 2.09. The van der Waals surface area contributed by atoms with Gasteiger partial charge in [-0.25, -0.2) is 4.98 Å². The minimum absolute atomic E-state index is 0.575. The second-order valence-corrected chi connectivity index (χ2v) is 6.10. The third kappa shape index (κ3) is 3.28. The molecule has 1 heterocycles. The zero-order valence-electron chi connectivity index (χ0n) is 11.7. The molecule has 0 amide bonds. The molecule has 0 aliphatic rings. The van der Waals surface area contributed by atoms with Crippen molar-refractivity contribution < 1.29 is 0 Å². The first-order valence-corrected chi connectivity index (χ1v) is 7.40. The number of imidazole rings is 1. The average molecular weight is 325 g/mol. The highest BCUT2D eigenvalue weighted by atomic mass is 79.9. The Balaban J connectivity index is 2.12. The normalized spacial score (nSPS) is 11.9. The second kappa shape index (κ2) is 5.92. The van der Waals surface area contributed by atoms with Gasteiger partial charge >= 0.3 is 0 Å². The summed E-state index contributed by atoms with van der Waals surface area (Å²) in [6.07, 6.45) is 1.07. The van der Waals surface area contributed by atoms with Crippen LogP contribution < -0.4 is 5.73 Å². The van der Waals surface area contributed by atoms with E-state index >= 15 is 0 Å². The highest BCUT2D eigenvalue weighted by molar-refractivity contribution is 9.10. The van der Waals surface area contributed by atoms with E-state index in [1.807, 2.05) is 12.1 Å². The number of hydrogen-bond acceptors (Lipinski definition) is 3. The minimum Gasteiger partial charge on any atom is -0.369 e. The number of rotatable bonds is 5. The maximum atomic E-state index is 6.00. The number of nitrogens with two attached hydrogens (primary N) is 1. The summed E-state index contributed by atoms with van der Waals surface area (Å²) in [6, 6.07) is 6.63. The molecule has 0 saturated heterocycles. The number of hydrogen-bond donors (Lipinski definition) is 1. The number of aromatic nitrogens is 2. The van der Waals surface area contributed by atoms with Gasteiger partial charge in [-0.2, -0.15) is 0 Å². The highest BCUT2D eigenvalue weighted by Crippen LogP contribution is 2.22. The van der Waals surface area contributed by atoms with Gasteiger partial charge in [0.05, 0.1) is 11.0 Å². The Morgan fingerprint density at radius 2 is 2.16 bits per heavy atom. The predicted octanol–water partition coefficient (Wildman–Crippen LogP) is 3.11. The fourth-order valence-electron chi connectivity index (χ4n) is 2.09. The molecule has 0 saturated carbocycles. The summed E-state index contributed by atoms with van der Waals surface area (Å²) in [5.41, 5.74) is 8.06. The van der Waals surface area contributed by atoms with Gasteiger partial charge in [-0.3, -0.25) is 0 Å². The molecule has 104 valence electrons. The fraction of sp³-hybridized carbons (Fsp3) is 0.500. The van der Waals surface area contributed by atoms with Gasteiger partial charge in [0.1, 0.15) is 0 Å². The smallest absolute Gasteiger partial charge is 0.201 e. The molecule has 2 rings (SSSR count). The Morgan fingerprint density at radius 3 is 2.84 bits per heavy atom. The number of halogens is 1. The molecule has 0 bridgehead atoms. The summed E-state index contributed by atoms with van der Waals surface area (Å²) in [6.45, 7) is 6.37. The Kier molecular flexibility index (Phi) is 4.47. The SMILES string of the molecule is CC(C)N(C)CCCn1c(N)nc2ccc(Br)cc21. The van der Waals surface area contributed by atoms with Crippen LogP contribution in [0.5, 0.6) is 0 Å². The maximum Gasteiger partial charge on any atom is 0.201 e. The van der Waals surface area contributed by atoms with Crippen LogP contribution in [0.2, 0.25) is 0 Å². The first-order chi connectivity index (χ1) is 8.99. The number of nitrogen functional groups attached to an aromatic ring is 1. The van der Waals surface area contributed by atoms with Gasteiger partial charge < -0.3 is 15.2 Å². The van der Waals surface area contributed by atoms with Crippen molar-refractivity contribution in [3.8, 4) is 0 Å². The van der Waals surface area contributed by atoms with Gasteiger partial charge in [-0.1, -0.05) is 15.9 Å². The van der Waals surface area contributed by atoms with Crippen LogP contribution in [-0.4, -0.2) is 34.1 Å². The van der Waals surface area contributed by atoms with Crippen molar-refractivity contribution in [3.63, 3.8) is 0 Å². The van der Waals surface area contributed by atoms with Crippen LogP contribution >= 0.6 is 15.9 Å². The third-order valence-electron chi connectivity index (χ3n) is 3.51. The van der Waals surface area contributed by atoms with E-state index in [4.69, 9.17) is 5.73 Å². The molecule has 0 aliphatic carbocycles. The molecule has 19 heavy (non-hydrogen) atoms. The van der Waals surface area contributed by atoms with Crippen molar-refractivity contribution >= 4 is 32.9 Å². The van der Waals surface area contributed by atoms with Crippen molar-refractivity contribution in [1.82, 2.24) is 14.5 Å². The molecule has 0 aliphatic heterocycles. The predicted molar refractivity (Wildman–Crippen MR) is 84.2 cm³/mol. The van der Waals surface area contributed by atoms with E-state index in [-0.39, 0.29) is 0 Å². The molecule has 0 fully saturated rings. The molecule has 2 N–H and O–H groups in total. The summed E-state index contributed by atoms with van der Waals surface area (Å²) in [7, 11) is 2.15. The Bertz CT molecular complexity index is 562. The summed E-state index contributed by atoms with van der Waals surface area (Å²) in [4.78, 5) is 6.73. The van der Waals surface area contributed by atoms with Crippen LogP contribution in [0.1, 0.15) is 20.3 Å². The van der Waals surface area contributed by atoms with Crippen LogP contribution in [0.3, 0.4) is 0 Å². The molecule has 2 aromatic rings. The van der Waals surface area contributed by atoms with Crippen LogP contribution in [0.25, 0.3) is 11.0 Å². The standard InChI is InChI=1S/C14H21BrN4/c1-10(2)18(3)7-4-8-19-13-9-11(15)5-6-12(13)17-14(19)16/h5-6,9-10H,4,7-8H2,1-3H3,(H2,16,17). The summed E-state index contributed by atoms with van der Waals surface area (Å²) >= 11 is 3.50. The summed E-state index contributed by atoms with van der Waals surface area (Å²) in [5, 5.41) is 0. The van der Waals surface area contributed by atoms with E-state index in [9.17, 15) is 0 Å². The lowest BCUT2D eigenvalue weighted by molar-refractivity contribution is 0.266. The van der Waals surface area contributed by atoms with E-state index in [0.29, 0.717) is 12.0 Å². The van der Waals surface area contributed by atoms with E-state index in [1.54, 1.807) is 0 Å². The Hall–Kier alpha value is -1.07.